The van der Waals surface area contributed by atoms with Crippen LogP contribution < -0.4 is 0 Å². The minimum Gasteiger partial charge on any atom is -0.459 e. The highest BCUT2D eigenvalue weighted by molar-refractivity contribution is 6.03. The number of ether oxygens (including phenoxy) is 2. The van der Waals surface area contributed by atoms with Crippen LogP contribution in [0.15, 0.2) is 18.2 Å². The Morgan fingerprint density at radius 2 is 1.55 bits per heavy atom. The summed E-state index contributed by atoms with van der Waals surface area (Å²) in [7, 11) is 0. The molecule has 0 aliphatic heterocycles. The van der Waals surface area contributed by atoms with Gasteiger partial charge in [-0.05, 0) is 44.9 Å². The van der Waals surface area contributed by atoms with E-state index < -0.39 is 11.9 Å². The number of hydrogen-bond acceptors (Lipinski definition) is 4. The molecule has 0 fully saturated rings. The van der Waals surface area contributed by atoms with Gasteiger partial charge in [0.1, 0.15) is 0 Å². The summed E-state index contributed by atoms with van der Waals surface area (Å²) in [6.07, 6.45) is 1.05. The van der Waals surface area contributed by atoms with Crippen molar-refractivity contribution in [3.05, 3.63) is 35.4 Å². The van der Waals surface area contributed by atoms with E-state index in [0.717, 1.165) is 12.8 Å². The molecule has 109 valence electrons. The zero-order valence-electron chi connectivity index (χ0n) is 12.4. The molecule has 2 atom stereocenters. The highest BCUT2D eigenvalue weighted by Gasteiger charge is 2.21. The molecule has 0 aromatic heterocycles. The Morgan fingerprint density at radius 3 is 2.05 bits per heavy atom. The van der Waals surface area contributed by atoms with Gasteiger partial charge < -0.3 is 9.47 Å². The van der Waals surface area contributed by atoms with Gasteiger partial charge in [0, 0.05) is 0 Å². The van der Waals surface area contributed by atoms with Gasteiger partial charge in [-0.25, -0.2) is 9.59 Å². The molecule has 1 radical (unpaired) electrons. The molecule has 1 rings (SSSR count). The summed E-state index contributed by atoms with van der Waals surface area (Å²) >= 11 is 0. The van der Waals surface area contributed by atoms with E-state index >= 15 is 0 Å². The number of benzene rings is 1. The van der Waals surface area contributed by atoms with Crippen molar-refractivity contribution in [2.45, 2.75) is 52.7 Å². The van der Waals surface area contributed by atoms with Crippen LogP contribution in [0.1, 0.15) is 61.3 Å². The first-order chi connectivity index (χ1) is 9.49. The zero-order chi connectivity index (χ0) is 15.1. The van der Waals surface area contributed by atoms with Crippen molar-refractivity contribution in [1.82, 2.24) is 0 Å². The first kappa shape index (κ1) is 16.2. The average molecular weight is 277 g/mol. The minimum atomic E-state index is -0.521. The van der Waals surface area contributed by atoms with Gasteiger partial charge in [-0.15, -0.1) is 0 Å². The largest absolute Gasteiger partial charge is 0.459 e. The van der Waals surface area contributed by atoms with Gasteiger partial charge in [0.15, 0.2) is 0 Å². The Morgan fingerprint density at radius 1 is 1.05 bits per heavy atom. The third-order valence-corrected chi connectivity index (χ3v) is 3.07. The summed E-state index contributed by atoms with van der Waals surface area (Å²) in [5, 5.41) is 0. The standard InChI is InChI=1S/C16H21O4/c1-5-11(3)19-15(17)13-9-7-8-10-14(13)16(18)20-12(4)6-2/h7,9-12H,5-6H2,1-4H3. The number of rotatable bonds is 6. The second-order valence-corrected chi connectivity index (χ2v) is 4.72. The summed E-state index contributed by atoms with van der Waals surface area (Å²) in [6.45, 7) is 7.47. The Bertz CT molecular complexity index is 424. The normalized spacial score (nSPS) is 13.4. The molecular formula is C16H21O4. The Hall–Kier alpha value is -1.84. The van der Waals surface area contributed by atoms with Crippen LogP contribution in [0.2, 0.25) is 0 Å². The fraction of sp³-hybridized carbons (Fsp3) is 0.500. The Balaban J connectivity index is 2.93. The minimum absolute atomic E-state index is 0.190. The molecule has 0 saturated heterocycles. The molecule has 0 amide bonds. The van der Waals surface area contributed by atoms with E-state index in [1.807, 2.05) is 27.7 Å². The summed E-state index contributed by atoms with van der Waals surface area (Å²) in [5.41, 5.74) is 0.415. The number of carbonyl (C=O) groups is 2. The van der Waals surface area contributed by atoms with Gasteiger partial charge in [-0.1, -0.05) is 19.9 Å². The van der Waals surface area contributed by atoms with E-state index in [4.69, 9.17) is 9.47 Å². The van der Waals surface area contributed by atoms with Crippen LogP contribution in [0, 0.1) is 6.07 Å². The summed E-state index contributed by atoms with van der Waals surface area (Å²) in [6, 6.07) is 7.35. The van der Waals surface area contributed by atoms with E-state index in [9.17, 15) is 9.59 Å². The van der Waals surface area contributed by atoms with Crippen molar-refractivity contribution in [2.75, 3.05) is 0 Å². The Kier molecular flexibility index (Phi) is 6.22. The maximum Gasteiger partial charge on any atom is 0.339 e. The van der Waals surface area contributed by atoms with E-state index in [1.165, 1.54) is 12.1 Å². The molecule has 0 N–H and O–H groups in total. The molecule has 0 aliphatic rings. The molecule has 0 bridgehead atoms. The molecule has 0 heterocycles. The van der Waals surface area contributed by atoms with E-state index in [0.29, 0.717) is 0 Å². The lowest BCUT2D eigenvalue weighted by molar-refractivity contribution is 0.0285. The van der Waals surface area contributed by atoms with Crippen LogP contribution in [0.4, 0.5) is 0 Å². The second kappa shape index (κ2) is 7.68. The van der Waals surface area contributed by atoms with E-state index in [2.05, 4.69) is 6.07 Å². The summed E-state index contributed by atoms with van der Waals surface area (Å²) in [4.78, 5) is 24.1. The third-order valence-electron chi connectivity index (χ3n) is 3.07. The highest BCUT2D eigenvalue weighted by Crippen LogP contribution is 2.14. The third kappa shape index (κ3) is 4.37. The van der Waals surface area contributed by atoms with Gasteiger partial charge in [0.2, 0.25) is 0 Å². The lowest BCUT2D eigenvalue weighted by Crippen LogP contribution is -2.20. The lowest BCUT2D eigenvalue weighted by atomic mass is 10.1. The maximum absolute atomic E-state index is 12.1. The van der Waals surface area contributed by atoms with E-state index in [-0.39, 0.29) is 23.3 Å². The predicted molar refractivity (Wildman–Crippen MR) is 75.6 cm³/mol. The fourth-order valence-corrected chi connectivity index (χ4v) is 1.44. The molecule has 4 nitrogen and oxygen atoms in total. The lowest BCUT2D eigenvalue weighted by Gasteiger charge is -2.14. The van der Waals surface area contributed by atoms with Crippen LogP contribution in [0.5, 0.6) is 0 Å². The number of carbonyl (C=O) groups excluding carboxylic acids is 2. The van der Waals surface area contributed by atoms with Crippen LogP contribution in [-0.2, 0) is 9.47 Å². The van der Waals surface area contributed by atoms with Crippen molar-refractivity contribution in [1.29, 1.82) is 0 Å². The molecule has 0 aliphatic carbocycles. The molecule has 2 unspecified atom stereocenters. The van der Waals surface area contributed by atoms with Gasteiger partial charge in [-0.2, -0.15) is 0 Å². The zero-order valence-corrected chi connectivity index (χ0v) is 12.4. The molecule has 0 spiro atoms. The fourth-order valence-electron chi connectivity index (χ4n) is 1.44. The van der Waals surface area contributed by atoms with Crippen LogP contribution in [0.25, 0.3) is 0 Å². The molecule has 4 heteroatoms. The number of esters is 2. The molecule has 1 aromatic rings. The van der Waals surface area contributed by atoms with E-state index in [1.54, 1.807) is 6.07 Å². The molecular weight excluding hydrogens is 256 g/mol. The quantitative estimate of drug-likeness (QED) is 0.748. The van der Waals surface area contributed by atoms with Crippen LogP contribution in [-0.4, -0.2) is 24.1 Å². The predicted octanol–water partition coefficient (Wildman–Crippen LogP) is 3.40. The molecule has 20 heavy (non-hydrogen) atoms. The first-order valence-corrected chi connectivity index (χ1v) is 6.91. The number of hydrogen-bond donors (Lipinski definition) is 0. The first-order valence-electron chi connectivity index (χ1n) is 6.91. The maximum atomic E-state index is 12.1. The monoisotopic (exact) mass is 277 g/mol. The molecule has 1 aromatic carbocycles. The van der Waals surface area contributed by atoms with Crippen molar-refractivity contribution in [3.63, 3.8) is 0 Å². The van der Waals surface area contributed by atoms with Crippen molar-refractivity contribution in [2.24, 2.45) is 0 Å². The Labute approximate surface area is 120 Å². The average Bonchev–Trinajstić information content (AvgIpc) is 2.46. The highest BCUT2D eigenvalue weighted by atomic mass is 16.5. The smallest absolute Gasteiger partial charge is 0.339 e. The van der Waals surface area contributed by atoms with Gasteiger partial charge in [0.05, 0.1) is 23.3 Å². The van der Waals surface area contributed by atoms with Crippen molar-refractivity contribution < 1.29 is 19.1 Å². The van der Waals surface area contributed by atoms with Gasteiger partial charge >= 0.3 is 11.9 Å². The van der Waals surface area contributed by atoms with Crippen molar-refractivity contribution in [3.8, 4) is 0 Å². The summed E-state index contributed by atoms with van der Waals surface area (Å²) in [5.74, 6) is -1.03. The topological polar surface area (TPSA) is 52.6 Å². The molecule has 0 saturated carbocycles. The van der Waals surface area contributed by atoms with Crippen LogP contribution in [0.3, 0.4) is 0 Å². The second-order valence-electron chi connectivity index (χ2n) is 4.72. The summed E-state index contributed by atoms with van der Waals surface area (Å²) < 4.78 is 10.5. The van der Waals surface area contributed by atoms with Crippen molar-refractivity contribution >= 4 is 11.9 Å². The SMILES string of the molecule is CCC(C)OC(=O)c1c[c]ccc1C(=O)OC(C)CC. The van der Waals surface area contributed by atoms with Crippen LogP contribution >= 0.6 is 0 Å². The van der Waals surface area contributed by atoms with Gasteiger partial charge in [0.25, 0.3) is 0 Å². The van der Waals surface area contributed by atoms with Gasteiger partial charge in [-0.3, -0.25) is 0 Å².